The van der Waals surface area contributed by atoms with Gasteiger partial charge < -0.3 is 9.15 Å². The van der Waals surface area contributed by atoms with Crippen LogP contribution in [-0.4, -0.2) is 19.2 Å². The molecule has 1 heterocycles. The summed E-state index contributed by atoms with van der Waals surface area (Å²) in [5, 5.41) is 5.12. The Hall–Kier alpha value is -2.76. The summed E-state index contributed by atoms with van der Waals surface area (Å²) in [6, 6.07) is 15.9. The SMILES string of the molecule is COc1ccc(Cl)cc1-c1ccc(/C=N\NC(=O)Cc2ccc(Cl)cc2)o1. The van der Waals surface area contributed by atoms with Crippen LogP contribution in [0.15, 0.2) is 64.1 Å². The van der Waals surface area contributed by atoms with Crippen LogP contribution in [0.25, 0.3) is 11.3 Å². The molecule has 27 heavy (non-hydrogen) atoms. The van der Waals surface area contributed by atoms with E-state index in [-0.39, 0.29) is 12.3 Å². The first-order valence-electron chi connectivity index (χ1n) is 8.05. The number of hydrogen-bond donors (Lipinski definition) is 1. The molecule has 0 spiro atoms. The molecule has 0 saturated carbocycles. The number of methoxy groups -OCH3 is 1. The van der Waals surface area contributed by atoms with E-state index in [9.17, 15) is 4.79 Å². The van der Waals surface area contributed by atoms with Crippen molar-refractivity contribution in [2.45, 2.75) is 6.42 Å². The van der Waals surface area contributed by atoms with E-state index in [2.05, 4.69) is 10.5 Å². The molecule has 0 fully saturated rings. The van der Waals surface area contributed by atoms with Crippen LogP contribution in [0.2, 0.25) is 10.0 Å². The summed E-state index contributed by atoms with van der Waals surface area (Å²) in [7, 11) is 1.58. The summed E-state index contributed by atoms with van der Waals surface area (Å²) in [5.74, 6) is 1.48. The number of nitrogens with zero attached hydrogens (tertiary/aromatic N) is 1. The van der Waals surface area contributed by atoms with Crippen LogP contribution in [0.4, 0.5) is 0 Å². The molecule has 1 N–H and O–H groups in total. The highest BCUT2D eigenvalue weighted by Gasteiger charge is 2.11. The molecule has 3 aromatic rings. The molecule has 0 saturated heterocycles. The maximum atomic E-state index is 11.9. The number of amides is 1. The van der Waals surface area contributed by atoms with Gasteiger partial charge in [0.1, 0.15) is 17.3 Å². The van der Waals surface area contributed by atoms with Gasteiger partial charge in [0.05, 0.1) is 25.3 Å². The van der Waals surface area contributed by atoms with E-state index in [1.807, 2.05) is 0 Å². The summed E-state index contributed by atoms with van der Waals surface area (Å²) < 4.78 is 11.0. The minimum Gasteiger partial charge on any atom is -0.496 e. The fourth-order valence-corrected chi connectivity index (χ4v) is 2.73. The molecule has 0 radical (unpaired) electrons. The Balaban J connectivity index is 1.63. The standard InChI is InChI=1S/C20H16Cl2N2O3/c1-26-18-8-6-15(22)11-17(18)19-9-7-16(27-19)12-23-24-20(25)10-13-2-4-14(21)5-3-13/h2-9,11-12H,10H2,1H3,(H,24,25)/b23-12-. The third-order valence-corrected chi connectivity index (χ3v) is 4.20. The van der Waals surface area contributed by atoms with Gasteiger partial charge in [0, 0.05) is 10.0 Å². The number of ether oxygens (including phenoxy) is 1. The van der Waals surface area contributed by atoms with E-state index in [0.29, 0.717) is 27.3 Å². The summed E-state index contributed by atoms with van der Waals surface area (Å²) >= 11 is 11.9. The number of rotatable bonds is 6. The molecule has 0 bridgehead atoms. The Morgan fingerprint density at radius 3 is 2.59 bits per heavy atom. The van der Waals surface area contributed by atoms with Crippen LogP contribution < -0.4 is 10.2 Å². The summed E-state index contributed by atoms with van der Waals surface area (Å²) in [6.07, 6.45) is 1.64. The summed E-state index contributed by atoms with van der Waals surface area (Å²) in [4.78, 5) is 11.9. The van der Waals surface area contributed by atoms with E-state index >= 15 is 0 Å². The van der Waals surface area contributed by atoms with Crippen molar-refractivity contribution in [3.63, 3.8) is 0 Å². The highest BCUT2D eigenvalue weighted by molar-refractivity contribution is 6.31. The van der Waals surface area contributed by atoms with Gasteiger partial charge in [-0.05, 0) is 48.0 Å². The Morgan fingerprint density at radius 1 is 1.11 bits per heavy atom. The fourth-order valence-electron chi connectivity index (χ4n) is 2.43. The minimum atomic E-state index is -0.239. The summed E-state index contributed by atoms with van der Waals surface area (Å²) in [6.45, 7) is 0. The molecule has 0 unspecified atom stereocenters. The number of halogens is 2. The molecule has 138 valence electrons. The van der Waals surface area contributed by atoms with Crippen molar-refractivity contribution < 1.29 is 13.9 Å². The first-order valence-corrected chi connectivity index (χ1v) is 8.81. The molecular formula is C20H16Cl2N2O3. The number of nitrogens with one attached hydrogen (secondary N) is 1. The quantitative estimate of drug-likeness (QED) is 0.468. The van der Waals surface area contributed by atoms with Gasteiger partial charge in [-0.25, -0.2) is 5.43 Å². The van der Waals surface area contributed by atoms with E-state index < -0.39 is 0 Å². The first-order chi connectivity index (χ1) is 13.0. The van der Waals surface area contributed by atoms with Crippen LogP contribution >= 0.6 is 23.2 Å². The average Bonchev–Trinajstić information content (AvgIpc) is 3.12. The van der Waals surface area contributed by atoms with Crippen LogP contribution in [0.1, 0.15) is 11.3 Å². The van der Waals surface area contributed by atoms with Crippen LogP contribution in [-0.2, 0) is 11.2 Å². The maximum Gasteiger partial charge on any atom is 0.244 e. The van der Waals surface area contributed by atoms with Gasteiger partial charge in [0.2, 0.25) is 5.91 Å². The van der Waals surface area contributed by atoms with Gasteiger partial charge in [-0.1, -0.05) is 35.3 Å². The molecule has 2 aromatic carbocycles. The topological polar surface area (TPSA) is 63.8 Å². The van der Waals surface area contributed by atoms with Crippen LogP contribution in [0.3, 0.4) is 0 Å². The number of hydrogen-bond acceptors (Lipinski definition) is 4. The molecule has 0 aliphatic carbocycles. The Morgan fingerprint density at radius 2 is 1.85 bits per heavy atom. The van der Waals surface area contributed by atoms with Gasteiger partial charge >= 0.3 is 0 Å². The van der Waals surface area contributed by atoms with E-state index in [4.69, 9.17) is 32.4 Å². The second kappa shape index (κ2) is 8.75. The first kappa shape index (κ1) is 19.0. The number of carbonyl (C=O) groups is 1. The third kappa shape index (κ3) is 5.12. The van der Waals surface area contributed by atoms with Gasteiger partial charge in [-0.2, -0.15) is 5.10 Å². The van der Waals surface area contributed by atoms with E-state index in [1.165, 1.54) is 6.21 Å². The molecular weight excluding hydrogens is 387 g/mol. The molecule has 3 rings (SSSR count). The number of hydrazone groups is 1. The lowest BCUT2D eigenvalue weighted by atomic mass is 10.1. The molecule has 0 aliphatic rings. The molecule has 0 atom stereocenters. The zero-order valence-corrected chi connectivity index (χ0v) is 15.9. The predicted octanol–water partition coefficient (Wildman–Crippen LogP) is 4.95. The summed E-state index contributed by atoms with van der Waals surface area (Å²) in [5.41, 5.74) is 4.05. The number of carbonyl (C=O) groups excluding carboxylic acids is 1. The highest BCUT2D eigenvalue weighted by Crippen LogP contribution is 2.33. The van der Waals surface area contributed by atoms with Crippen LogP contribution in [0.5, 0.6) is 5.75 Å². The Bertz CT molecular complexity index is 966. The second-order valence-corrected chi connectivity index (χ2v) is 6.52. The van der Waals surface area contributed by atoms with E-state index in [0.717, 1.165) is 11.1 Å². The minimum absolute atomic E-state index is 0.206. The van der Waals surface area contributed by atoms with Crippen LogP contribution in [0, 0.1) is 0 Å². The zero-order valence-electron chi connectivity index (χ0n) is 14.4. The number of furan rings is 1. The predicted molar refractivity (Wildman–Crippen MR) is 107 cm³/mol. The Kier molecular flexibility index (Phi) is 6.16. The van der Waals surface area contributed by atoms with Crippen molar-refractivity contribution in [1.82, 2.24) is 5.43 Å². The van der Waals surface area contributed by atoms with Crippen molar-refractivity contribution in [3.8, 4) is 17.1 Å². The normalized spacial score (nSPS) is 10.9. The van der Waals surface area contributed by atoms with Crippen molar-refractivity contribution >= 4 is 35.3 Å². The molecule has 7 heteroatoms. The monoisotopic (exact) mass is 402 g/mol. The maximum absolute atomic E-state index is 11.9. The number of benzene rings is 2. The fraction of sp³-hybridized carbons (Fsp3) is 0.100. The zero-order chi connectivity index (χ0) is 19.2. The largest absolute Gasteiger partial charge is 0.496 e. The molecule has 0 aliphatic heterocycles. The lowest BCUT2D eigenvalue weighted by molar-refractivity contribution is -0.120. The third-order valence-electron chi connectivity index (χ3n) is 3.71. The Labute approximate surface area is 166 Å². The van der Waals surface area contributed by atoms with Crippen molar-refractivity contribution in [2.75, 3.05) is 7.11 Å². The molecule has 1 aromatic heterocycles. The lowest BCUT2D eigenvalue weighted by Crippen LogP contribution is -2.19. The van der Waals surface area contributed by atoms with Crippen molar-refractivity contribution in [1.29, 1.82) is 0 Å². The van der Waals surface area contributed by atoms with Crippen molar-refractivity contribution in [3.05, 3.63) is 76.0 Å². The van der Waals surface area contributed by atoms with Gasteiger partial charge in [-0.15, -0.1) is 0 Å². The smallest absolute Gasteiger partial charge is 0.244 e. The second-order valence-electron chi connectivity index (χ2n) is 5.64. The lowest BCUT2D eigenvalue weighted by Gasteiger charge is -2.06. The van der Waals surface area contributed by atoms with Gasteiger partial charge in [0.15, 0.2) is 0 Å². The van der Waals surface area contributed by atoms with Gasteiger partial charge in [0.25, 0.3) is 0 Å². The molecule has 1 amide bonds. The van der Waals surface area contributed by atoms with Gasteiger partial charge in [-0.3, -0.25) is 4.79 Å². The molecule has 5 nitrogen and oxygen atoms in total. The van der Waals surface area contributed by atoms with Crippen molar-refractivity contribution in [2.24, 2.45) is 5.10 Å². The average molecular weight is 403 g/mol. The van der Waals surface area contributed by atoms with E-state index in [1.54, 1.807) is 61.7 Å². The highest BCUT2D eigenvalue weighted by atomic mass is 35.5.